The normalized spacial score (nSPS) is 10.3. The van der Waals surface area contributed by atoms with E-state index in [1.165, 1.54) is 27.4 Å². The molecule has 1 aromatic rings. The van der Waals surface area contributed by atoms with E-state index < -0.39 is 5.97 Å². The van der Waals surface area contributed by atoms with Crippen LogP contribution in [0.2, 0.25) is 0 Å². The summed E-state index contributed by atoms with van der Waals surface area (Å²) in [5.74, 6) is 0.656. The molecule has 0 N–H and O–H groups in total. The van der Waals surface area contributed by atoms with Gasteiger partial charge in [0.25, 0.3) is 0 Å². The Bertz CT molecular complexity index is 411. The molecule has 0 fully saturated rings. The van der Waals surface area contributed by atoms with Crippen molar-refractivity contribution in [3.8, 4) is 11.5 Å². The molecule has 0 unspecified atom stereocenters. The third kappa shape index (κ3) is 3.81. The van der Waals surface area contributed by atoms with Crippen molar-refractivity contribution in [3.05, 3.63) is 29.8 Å². The summed E-state index contributed by atoms with van der Waals surface area (Å²) in [5.41, 5.74) is 0.737. The van der Waals surface area contributed by atoms with Gasteiger partial charge in [0.05, 0.1) is 21.3 Å². The molecule has 0 heterocycles. The van der Waals surface area contributed by atoms with Gasteiger partial charge in [-0.1, -0.05) is 0 Å². The van der Waals surface area contributed by atoms with E-state index in [-0.39, 0.29) is 0 Å². The highest BCUT2D eigenvalue weighted by Crippen LogP contribution is 2.25. The second-order valence-corrected chi connectivity index (χ2v) is 3.01. The Kier molecular flexibility index (Phi) is 5.03. The maximum Gasteiger partial charge on any atom is 0.330 e. The van der Waals surface area contributed by atoms with Crippen LogP contribution in [0.25, 0.3) is 6.08 Å². The summed E-state index contributed by atoms with van der Waals surface area (Å²) in [6, 6.07) is 5.09. The van der Waals surface area contributed by atoms with E-state index in [4.69, 9.17) is 9.62 Å². The van der Waals surface area contributed by atoms with Crippen LogP contribution in [0.5, 0.6) is 11.5 Å². The van der Waals surface area contributed by atoms with Gasteiger partial charge >= 0.3 is 5.97 Å². The number of carbonyl (C=O) groups excluding carboxylic acids is 1. The van der Waals surface area contributed by atoms with E-state index in [0.29, 0.717) is 11.5 Å². The largest absolute Gasteiger partial charge is 0.496 e. The quantitative estimate of drug-likeness (QED) is 0.339. The van der Waals surface area contributed by atoms with Crippen molar-refractivity contribution in [3.63, 3.8) is 0 Å². The highest BCUT2D eigenvalue weighted by atomic mass is 17.2. The van der Waals surface area contributed by atoms with Crippen molar-refractivity contribution in [1.29, 1.82) is 0 Å². The molecule has 0 aliphatic carbocycles. The predicted octanol–water partition coefficient (Wildman–Crippen LogP) is 1.82. The molecule has 1 rings (SSSR count). The molecular formula is C12H14O5. The molecule has 0 spiro atoms. The molecule has 0 aliphatic rings. The number of hydrogen-bond donors (Lipinski definition) is 0. The van der Waals surface area contributed by atoms with Crippen molar-refractivity contribution in [2.75, 3.05) is 21.3 Å². The van der Waals surface area contributed by atoms with Gasteiger partial charge in [-0.25, -0.2) is 4.79 Å². The Morgan fingerprint density at radius 1 is 1.24 bits per heavy atom. The van der Waals surface area contributed by atoms with E-state index in [1.807, 2.05) is 0 Å². The molecule has 0 saturated heterocycles. The molecule has 0 atom stereocenters. The van der Waals surface area contributed by atoms with Crippen LogP contribution in [0.1, 0.15) is 5.56 Å². The summed E-state index contributed by atoms with van der Waals surface area (Å²) in [7, 11) is 4.26. The second kappa shape index (κ2) is 6.55. The van der Waals surface area contributed by atoms with Gasteiger partial charge in [-0.05, 0) is 18.2 Å². The van der Waals surface area contributed by atoms with E-state index in [0.717, 1.165) is 5.56 Å². The fourth-order valence-electron chi connectivity index (χ4n) is 1.20. The van der Waals surface area contributed by atoms with Crippen LogP contribution in [0.4, 0.5) is 0 Å². The lowest BCUT2D eigenvalue weighted by Gasteiger charge is -2.07. The lowest BCUT2D eigenvalue weighted by atomic mass is 10.2. The highest BCUT2D eigenvalue weighted by Gasteiger charge is 2.04. The van der Waals surface area contributed by atoms with Crippen LogP contribution in [-0.2, 0) is 14.4 Å². The molecule has 17 heavy (non-hydrogen) atoms. The van der Waals surface area contributed by atoms with Crippen molar-refractivity contribution in [2.24, 2.45) is 0 Å². The Labute approximate surface area is 99.5 Å². The molecule has 0 aliphatic heterocycles. The Morgan fingerprint density at radius 2 is 2.00 bits per heavy atom. The average Bonchev–Trinajstić information content (AvgIpc) is 2.36. The lowest BCUT2D eigenvalue weighted by molar-refractivity contribution is -0.178. The highest BCUT2D eigenvalue weighted by molar-refractivity contribution is 5.87. The van der Waals surface area contributed by atoms with E-state index in [1.54, 1.807) is 24.3 Å². The Morgan fingerprint density at radius 3 is 2.59 bits per heavy atom. The first-order valence-corrected chi connectivity index (χ1v) is 4.86. The van der Waals surface area contributed by atoms with E-state index in [9.17, 15) is 4.79 Å². The molecule has 92 valence electrons. The van der Waals surface area contributed by atoms with Gasteiger partial charge in [0, 0.05) is 17.7 Å². The molecule has 0 amide bonds. The van der Waals surface area contributed by atoms with Gasteiger partial charge in [0.1, 0.15) is 5.75 Å². The number of benzene rings is 1. The molecule has 0 radical (unpaired) electrons. The van der Waals surface area contributed by atoms with E-state index in [2.05, 4.69) is 9.62 Å². The number of ether oxygens (including phenoxy) is 2. The maximum absolute atomic E-state index is 11.0. The molecular weight excluding hydrogens is 224 g/mol. The van der Waals surface area contributed by atoms with Crippen LogP contribution in [0, 0.1) is 0 Å². The van der Waals surface area contributed by atoms with Gasteiger partial charge in [-0.2, -0.15) is 4.89 Å². The zero-order chi connectivity index (χ0) is 12.7. The minimum absolute atomic E-state index is 0.427. The third-order valence-corrected chi connectivity index (χ3v) is 1.98. The van der Waals surface area contributed by atoms with Crippen molar-refractivity contribution in [2.45, 2.75) is 0 Å². The summed E-state index contributed by atoms with van der Waals surface area (Å²) < 4.78 is 9.66. The predicted molar refractivity (Wildman–Crippen MR) is 61.7 cm³/mol. The maximum atomic E-state index is 11.0. The zero-order valence-electron chi connectivity index (χ0n) is 9.93. The molecule has 5 nitrogen and oxygen atoms in total. The summed E-state index contributed by atoms with van der Waals surface area (Å²) in [6.07, 6.45) is 2.91. The van der Waals surface area contributed by atoms with Crippen molar-refractivity contribution < 1.29 is 24.0 Å². The van der Waals surface area contributed by atoms with Gasteiger partial charge in [0.2, 0.25) is 0 Å². The average molecular weight is 238 g/mol. The number of methoxy groups -OCH3 is 2. The molecule has 1 aromatic carbocycles. The Balaban J connectivity index is 2.92. The van der Waals surface area contributed by atoms with Gasteiger partial charge in [0.15, 0.2) is 5.75 Å². The monoisotopic (exact) mass is 238 g/mol. The topological polar surface area (TPSA) is 54.0 Å². The van der Waals surface area contributed by atoms with Crippen LogP contribution < -0.4 is 9.62 Å². The fourth-order valence-corrected chi connectivity index (χ4v) is 1.20. The molecule has 0 saturated carbocycles. The minimum atomic E-state index is -0.427. The summed E-state index contributed by atoms with van der Waals surface area (Å²) in [4.78, 5) is 20.3. The lowest BCUT2D eigenvalue weighted by Crippen LogP contribution is -1.95. The zero-order valence-corrected chi connectivity index (χ0v) is 9.93. The van der Waals surface area contributed by atoms with Gasteiger partial charge < -0.3 is 14.4 Å². The standard InChI is InChI=1S/C12H14O5/c1-14-11-8-10(17-16-3)6-4-9(11)5-7-12(13)15-2/h4-8H,1-3H3. The minimum Gasteiger partial charge on any atom is -0.496 e. The number of rotatable bonds is 5. The number of hydrogen-bond acceptors (Lipinski definition) is 5. The van der Waals surface area contributed by atoms with Crippen LogP contribution >= 0.6 is 0 Å². The third-order valence-electron chi connectivity index (χ3n) is 1.98. The summed E-state index contributed by atoms with van der Waals surface area (Å²) >= 11 is 0. The smallest absolute Gasteiger partial charge is 0.330 e. The summed E-state index contributed by atoms with van der Waals surface area (Å²) in [6.45, 7) is 0. The molecule has 0 bridgehead atoms. The van der Waals surface area contributed by atoms with Crippen molar-refractivity contribution >= 4 is 12.0 Å². The SMILES string of the molecule is COOc1ccc(C=CC(=O)OC)c(OC)c1. The van der Waals surface area contributed by atoms with Crippen LogP contribution in [0.15, 0.2) is 24.3 Å². The van der Waals surface area contributed by atoms with Crippen LogP contribution in [0.3, 0.4) is 0 Å². The van der Waals surface area contributed by atoms with Gasteiger partial charge in [-0.3, -0.25) is 0 Å². The second-order valence-electron chi connectivity index (χ2n) is 3.01. The fraction of sp³-hybridized carbons (Fsp3) is 0.250. The molecule has 5 heteroatoms. The first-order chi connectivity index (χ1) is 8.21. The number of carbonyl (C=O) groups is 1. The van der Waals surface area contributed by atoms with Crippen molar-refractivity contribution in [1.82, 2.24) is 0 Å². The van der Waals surface area contributed by atoms with Crippen LogP contribution in [-0.4, -0.2) is 27.3 Å². The first kappa shape index (κ1) is 13.1. The summed E-state index contributed by atoms with van der Waals surface area (Å²) in [5, 5.41) is 0. The number of esters is 1. The molecule has 0 aromatic heterocycles. The van der Waals surface area contributed by atoms with E-state index >= 15 is 0 Å². The Hall–Kier alpha value is -2.01. The van der Waals surface area contributed by atoms with Gasteiger partial charge in [-0.15, -0.1) is 0 Å². The first-order valence-electron chi connectivity index (χ1n) is 4.86.